The van der Waals surface area contributed by atoms with E-state index in [2.05, 4.69) is 30.1 Å². The molecule has 0 saturated carbocycles. The van der Waals surface area contributed by atoms with E-state index >= 15 is 0 Å². The third-order valence-electron chi connectivity index (χ3n) is 3.51. The minimum atomic E-state index is 0.0692. The molecule has 0 amide bonds. The van der Waals surface area contributed by atoms with Crippen molar-refractivity contribution in [3.63, 3.8) is 0 Å². The number of nitrogens with one attached hydrogen (secondary N) is 1. The average molecular weight is 266 g/mol. The molecule has 0 aliphatic rings. The first kappa shape index (κ1) is 15.8. The molecular weight excluding hydrogens is 240 g/mol. The van der Waals surface area contributed by atoms with Gasteiger partial charge in [0.05, 0.1) is 13.7 Å². The number of hydrogen-bond donors (Lipinski definition) is 2. The van der Waals surface area contributed by atoms with Gasteiger partial charge in [0.25, 0.3) is 0 Å². The minimum Gasteiger partial charge on any atom is -0.496 e. The van der Waals surface area contributed by atoms with Gasteiger partial charge in [0.2, 0.25) is 0 Å². The second-order valence-corrected chi connectivity index (χ2v) is 4.81. The molecule has 108 valence electrons. The van der Waals surface area contributed by atoms with E-state index in [1.54, 1.807) is 7.11 Å². The average Bonchev–Trinajstić information content (AvgIpc) is 2.44. The Morgan fingerprint density at radius 2 is 2.05 bits per heavy atom. The highest BCUT2D eigenvalue weighted by molar-refractivity contribution is 5.61. The second kappa shape index (κ2) is 7.36. The first-order valence-electron chi connectivity index (χ1n) is 6.80. The van der Waals surface area contributed by atoms with E-state index in [0.717, 1.165) is 23.5 Å². The summed E-state index contributed by atoms with van der Waals surface area (Å²) in [5.41, 5.74) is 2.23. The number of benzene rings is 1. The maximum Gasteiger partial charge on any atom is 0.125 e. The van der Waals surface area contributed by atoms with Crippen LogP contribution in [0.2, 0.25) is 0 Å². The van der Waals surface area contributed by atoms with Gasteiger partial charge < -0.3 is 20.1 Å². The van der Waals surface area contributed by atoms with E-state index in [0.29, 0.717) is 0 Å². The fourth-order valence-corrected chi connectivity index (χ4v) is 2.22. The van der Waals surface area contributed by atoms with Gasteiger partial charge in [0.15, 0.2) is 0 Å². The third kappa shape index (κ3) is 3.61. The van der Waals surface area contributed by atoms with Gasteiger partial charge in [0, 0.05) is 30.4 Å². The zero-order valence-corrected chi connectivity index (χ0v) is 12.6. The van der Waals surface area contributed by atoms with Crippen LogP contribution < -0.4 is 15.0 Å². The predicted octanol–water partition coefficient (Wildman–Crippen LogP) is 2.18. The summed E-state index contributed by atoms with van der Waals surface area (Å²) in [6.45, 7) is 7.25. The lowest BCUT2D eigenvalue weighted by Gasteiger charge is -2.30. The van der Waals surface area contributed by atoms with Gasteiger partial charge in [-0.2, -0.15) is 0 Å². The minimum absolute atomic E-state index is 0.0692. The number of likely N-dealkylation sites (N-methyl/N-ethyl adjacent to an activating group) is 1. The standard InChI is InChI=1S/C15H26N2O2/c1-6-16-12(3)15-13(17(4)11(2)10-18)8-7-9-14(15)19-5/h7-9,11-12,16,18H,6,10H2,1-5H3. The number of hydrogen-bond acceptors (Lipinski definition) is 4. The normalized spacial score (nSPS) is 14.0. The van der Waals surface area contributed by atoms with Crippen molar-refractivity contribution >= 4 is 5.69 Å². The molecule has 0 saturated heterocycles. The monoisotopic (exact) mass is 266 g/mol. The molecule has 4 nitrogen and oxygen atoms in total. The van der Waals surface area contributed by atoms with E-state index in [4.69, 9.17) is 4.74 Å². The van der Waals surface area contributed by atoms with Crippen molar-refractivity contribution < 1.29 is 9.84 Å². The van der Waals surface area contributed by atoms with Gasteiger partial charge in [-0.3, -0.25) is 0 Å². The number of ether oxygens (including phenoxy) is 1. The molecule has 4 heteroatoms. The van der Waals surface area contributed by atoms with E-state index < -0.39 is 0 Å². The van der Waals surface area contributed by atoms with Crippen LogP contribution in [0.5, 0.6) is 5.75 Å². The first-order valence-corrected chi connectivity index (χ1v) is 6.80. The SMILES string of the molecule is CCNC(C)c1c(OC)cccc1N(C)C(C)CO. The topological polar surface area (TPSA) is 44.7 Å². The second-order valence-electron chi connectivity index (χ2n) is 4.81. The number of aliphatic hydroxyl groups is 1. The van der Waals surface area contributed by atoms with Gasteiger partial charge in [-0.05, 0) is 32.5 Å². The Labute approximate surface area is 116 Å². The molecule has 2 atom stereocenters. The van der Waals surface area contributed by atoms with Crippen molar-refractivity contribution in [2.24, 2.45) is 0 Å². The van der Waals surface area contributed by atoms with Gasteiger partial charge in [0.1, 0.15) is 5.75 Å². The van der Waals surface area contributed by atoms with Crippen molar-refractivity contribution in [3.8, 4) is 5.75 Å². The highest BCUT2D eigenvalue weighted by Gasteiger charge is 2.20. The molecule has 0 radical (unpaired) electrons. The highest BCUT2D eigenvalue weighted by atomic mass is 16.5. The quantitative estimate of drug-likeness (QED) is 0.794. The van der Waals surface area contributed by atoms with Crippen LogP contribution in [0.3, 0.4) is 0 Å². The molecule has 2 unspecified atom stereocenters. The summed E-state index contributed by atoms with van der Waals surface area (Å²) in [4.78, 5) is 2.09. The van der Waals surface area contributed by atoms with Crippen LogP contribution in [-0.4, -0.2) is 38.5 Å². The summed E-state index contributed by atoms with van der Waals surface area (Å²) in [6, 6.07) is 6.29. The summed E-state index contributed by atoms with van der Waals surface area (Å²) >= 11 is 0. The molecule has 2 N–H and O–H groups in total. The fourth-order valence-electron chi connectivity index (χ4n) is 2.22. The highest BCUT2D eigenvalue weighted by Crippen LogP contribution is 2.34. The summed E-state index contributed by atoms with van der Waals surface area (Å²) in [6.07, 6.45) is 0. The van der Waals surface area contributed by atoms with E-state index in [1.807, 2.05) is 26.1 Å². The van der Waals surface area contributed by atoms with E-state index in [-0.39, 0.29) is 18.7 Å². The van der Waals surface area contributed by atoms with Crippen molar-refractivity contribution in [2.75, 3.05) is 32.2 Å². The maximum atomic E-state index is 9.34. The summed E-state index contributed by atoms with van der Waals surface area (Å²) in [5.74, 6) is 0.878. The fraction of sp³-hybridized carbons (Fsp3) is 0.600. The van der Waals surface area contributed by atoms with Crippen molar-refractivity contribution in [2.45, 2.75) is 32.9 Å². The molecule has 0 heterocycles. The number of aliphatic hydroxyl groups excluding tert-OH is 1. The number of anilines is 1. The van der Waals surface area contributed by atoms with Crippen LogP contribution in [0.25, 0.3) is 0 Å². The number of rotatable bonds is 7. The van der Waals surface area contributed by atoms with Crippen molar-refractivity contribution in [3.05, 3.63) is 23.8 Å². The zero-order valence-electron chi connectivity index (χ0n) is 12.6. The van der Waals surface area contributed by atoms with Crippen molar-refractivity contribution in [1.29, 1.82) is 0 Å². The molecule has 0 fully saturated rings. The molecule has 0 spiro atoms. The maximum absolute atomic E-state index is 9.34. The molecular formula is C15H26N2O2. The van der Waals surface area contributed by atoms with Gasteiger partial charge in [-0.15, -0.1) is 0 Å². The molecule has 1 rings (SSSR count). The summed E-state index contributed by atoms with van der Waals surface area (Å²) in [5, 5.41) is 12.8. The van der Waals surface area contributed by atoms with Gasteiger partial charge in [-0.1, -0.05) is 13.0 Å². The lowest BCUT2D eigenvalue weighted by molar-refractivity contribution is 0.270. The summed E-state index contributed by atoms with van der Waals surface area (Å²) in [7, 11) is 3.69. The molecule has 19 heavy (non-hydrogen) atoms. The smallest absolute Gasteiger partial charge is 0.125 e. The Bertz CT molecular complexity index is 396. The number of nitrogens with zero attached hydrogens (tertiary/aromatic N) is 1. The van der Waals surface area contributed by atoms with Crippen molar-refractivity contribution in [1.82, 2.24) is 5.32 Å². The third-order valence-corrected chi connectivity index (χ3v) is 3.51. The van der Waals surface area contributed by atoms with Gasteiger partial charge >= 0.3 is 0 Å². The first-order chi connectivity index (χ1) is 9.06. The lowest BCUT2D eigenvalue weighted by atomic mass is 10.0. The molecule has 0 aliphatic carbocycles. The molecule has 0 bridgehead atoms. The zero-order chi connectivity index (χ0) is 14.4. The molecule has 1 aromatic carbocycles. The van der Waals surface area contributed by atoms with Crippen LogP contribution in [0.4, 0.5) is 5.69 Å². The van der Waals surface area contributed by atoms with E-state index in [1.165, 1.54) is 0 Å². The molecule has 1 aromatic rings. The van der Waals surface area contributed by atoms with Crippen LogP contribution in [0.15, 0.2) is 18.2 Å². The Balaban J connectivity index is 3.22. The lowest BCUT2D eigenvalue weighted by Crippen LogP contribution is -2.33. The van der Waals surface area contributed by atoms with Crippen LogP contribution in [0, 0.1) is 0 Å². The van der Waals surface area contributed by atoms with E-state index in [9.17, 15) is 5.11 Å². The Morgan fingerprint density at radius 3 is 2.58 bits per heavy atom. The molecule has 0 aliphatic heterocycles. The Morgan fingerprint density at radius 1 is 1.37 bits per heavy atom. The number of methoxy groups -OCH3 is 1. The Kier molecular flexibility index (Phi) is 6.12. The largest absolute Gasteiger partial charge is 0.496 e. The Hall–Kier alpha value is -1.26. The predicted molar refractivity (Wildman–Crippen MR) is 80.0 cm³/mol. The summed E-state index contributed by atoms with van der Waals surface area (Å²) < 4.78 is 5.49. The van der Waals surface area contributed by atoms with Gasteiger partial charge in [-0.25, -0.2) is 0 Å². The van der Waals surface area contributed by atoms with Crippen LogP contribution in [0.1, 0.15) is 32.4 Å². The van der Waals surface area contributed by atoms with Crippen LogP contribution >= 0.6 is 0 Å². The van der Waals surface area contributed by atoms with Crippen LogP contribution in [-0.2, 0) is 0 Å². The molecule has 0 aromatic heterocycles.